The van der Waals surface area contributed by atoms with Crippen LogP contribution in [-0.2, 0) is 11.2 Å². The van der Waals surface area contributed by atoms with E-state index in [4.69, 9.17) is 4.74 Å². The first kappa shape index (κ1) is 35.5. The van der Waals surface area contributed by atoms with Crippen LogP contribution in [-0.4, -0.2) is 71.0 Å². The van der Waals surface area contributed by atoms with E-state index >= 15 is 0 Å². The molecular weight excluding hydrogens is 622 g/mol. The lowest BCUT2D eigenvalue weighted by Gasteiger charge is -2.38. The molecule has 0 spiro atoms. The highest BCUT2D eigenvalue weighted by atomic mass is 16.6. The average Bonchev–Trinajstić information content (AvgIpc) is 3.30. The monoisotopic (exact) mass is 675 g/mol. The van der Waals surface area contributed by atoms with Gasteiger partial charge in [0.15, 0.2) is 11.5 Å². The molecule has 0 saturated carbocycles. The molecule has 50 heavy (non-hydrogen) atoms. The average molecular weight is 676 g/mol. The predicted octanol–water partition coefficient (Wildman–Crippen LogP) is 9.20. The van der Waals surface area contributed by atoms with Crippen LogP contribution >= 0.6 is 0 Å². The molecule has 4 aromatic rings. The number of ether oxygens (including phenoxy) is 1. The number of carbonyl (C=O) groups excluding carboxylic acids is 1. The second kappa shape index (κ2) is 17.1. The Bertz CT molecular complexity index is 1670. The highest BCUT2D eigenvalue weighted by Crippen LogP contribution is 2.38. The van der Waals surface area contributed by atoms with Gasteiger partial charge in [0.1, 0.15) is 5.60 Å². The number of para-hydroxylation sites is 1. The van der Waals surface area contributed by atoms with Crippen molar-refractivity contribution < 1.29 is 19.7 Å². The Morgan fingerprint density at radius 3 is 2.08 bits per heavy atom. The van der Waals surface area contributed by atoms with E-state index in [2.05, 4.69) is 46.3 Å². The summed E-state index contributed by atoms with van der Waals surface area (Å²) in [6, 6.07) is 32.0. The third kappa shape index (κ3) is 9.46. The Kier molecular flexibility index (Phi) is 12.1. The van der Waals surface area contributed by atoms with E-state index in [9.17, 15) is 15.0 Å². The number of amides is 1. The fourth-order valence-electron chi connectivity index (χ4n) is 7.63. The normalized spacial score (nSPS) is 17.8. The van der Waals surface area contributed by atoms with Crippen LogP contribution in [0.1, 0.15) is 80.9 Å². The van der Waals surface area contributed by atoms with Gasteiger partial charge in [-0.25, -0.2) is 4.79 Å². The first-order valence-electron chi connectivity index (χ1n) is 18.6. The molecule has 1 unspecified atom stereocenters. The van der Waals surface area contributed by atoms with Crippen molar-refractivity contribution in [3.8, 4) is 22.6 Å². The van der Waals surface area contributed by atoms with Gasteiger partial charge in [0.05, 0.1) is 5.69 Å². The van der Waals surface area contributed by atoms with Crippen molar-refractivity contribution >= 4 is 11.8 Å². The molecule has 4 aromatic carbocycles. The minimum Gasteiger partial charge on any atom is -0.504 e. The van der Waals surface area contributed by atoms with E-state index in [1.807, 2.05) is 60.7 Å². The molecule has 3 N–H and O–H groups in total. The van der Waals surface area contributed by atoms with E-state index in [0.29, 0.717) is 0 Å². The summed E-state index contributed by atoms with van der Waals surface area (Å²) in [4.78, 5) is 18.0. The summed E-state index contributed by atoms with van der Waals surface area (Å²) in [6.45, 7) is 8.03. The molecule has 0 aliphatic carbocycles. The van der Waals surface area contributed by atoms with Crippen LogP contribution < -0.4 is 5.32 Å². The third-order valence-electron chi connectivity index (χ3n) is 10.7. The SMILES string of the molecule is CC1(OC(=O)Nc2ccccc2-c2ccccc2)CCN(CCCCCCCCN2CCc3cc(O)c(O)cc3C(c3ccccc3)C2)CC1. The molecule has 2 aliphatic rings. The number of hydrogen-bond donors (Lipinski definition) is 3. The summed E-state index contributed by atoms with van der Waals surface area (Å²) in [5, 5.41) is 23.4. The van der Waals surface area contributed by atoms with Gasteiger partial charge in [-0.05, 0) is 92.6 Å². The van der Waals surface area contributed by atoms with Crippen molar-refractivity contribution in [1.82, 2.24) is 9.80 Å². The van der Waals surface area contributed by atoms with Gasteiger partial charge < -0.3 is 24.7 Å². The van der Waals surface area contributed by atoms with Gasteiger partial charge in [-0.2, -0.15) is 0 Å². The maximum Gasteiger partial charge on any atom is 0.412 e. The molecule has 7 heteroatoms. The summed E-state index contributed by atoms with van der Waals surface area (Å²) in [5.41, 5.74) is 5.87. The molecule has 0 radical (unpaired) electrons. The summed E-state index contributed by atoms with van der Waals surface area (Å²) < 4.78 is 6.01. The van der Waals surface area contributed by atoms with Crippen LogP contribution in [0.25, 0.3) is 11.1 Å². The lowest BCUT2D eigenvalue weighted by molar-refractivity contribution is -0.0163. The molecule has 1 fully saturated rings. The molecule has 264 valence electrons. The van der Waals surface area contributed by atoms with Gasteiger partial charge in [-0.15, -0.1) is 0 Å². The summed E-state index contributed by atoms with van der Waals surface area (Å²) >= 11 is 0. The maximum atomic E-state index is 13.0. The van der Waals surface area contributed by atoms with Gasteiger partial charge in [0.25, 0.3) is 0 Å². The predicted molar refractivity (Wildman–Crippen MR) is 202 cm³/mol. The first-order chi connectivity index (χ1) is 24.4. The zero-order valence-electron chi connectivity index (χ0n) is 29.5. The Morgan fingerprint density at radius 2 is 1.36 bits per heavy atom. The zero-order valence-corrected chi connectivity index (χ0v) is 29.5. The Morgan fingerprint density at radius 1 is 0.760 bits per heavy atom. The second-order valence-corrected chi connectivity index (χ2v) is 14.4. The lowest BCUT2D eigenvalue weighted by Crippen LogP contribution is -2.46. The molecular formula is C43H53N3O4. The van der Waals surface area contributed by atoms with Crippen LogP contribution in [0.15, 0.2) is 97.1 Å². The van der Waals surface area contributed by atoms with Crippen molar-refractivity contribution in [2.24, 2.45) is 0 Å². The van der Waals surface area contributed by atoms with Crippen LogP contribution in [0.3, 0.4) is 0 Å². The zero-order chi connectivity index (χ0) is 34.8. The molecule has 1 amide bonds. The number of unbranched alkanes of at least 4 members (excludes halogenated alkanes) is 5. The largest absolute Gasteiger partial charge is 0.504 e. The highest BCUT2D eigenvalue weighted by Gasteiger charge is 2.34. The topological polar surface area (TPSA) is 85.3 Å². The minimum absolute atomic E-state index is 0.0293. The van der Waals surface area contributed by atoms with Crippen LogP contribution in [0.4, 0.5) is 10.5 Å². The van der Waals surface area contributed by atoms with E-state index in [1.165, 1.54) is 44.1 Å². The fraction of sp³-hybridized carbons (Fsp3) is 0.419. The van der Waals surface area contributed by atoms with Crippen molar-refractivity contribution in [3.63, 3.8) is 0 Å². The number of benzene rings is 4. The summed E-state index contributed by atoms with van der Waals surface area (Å²) in [7, 11) is 0. The van der Waals surface area contributed by atoms with E-state index in [-0.39, 0.29) is 23.5 Å². The van der Waals surface area contributed by atoms with Crippen LogP contribution in [0.5, 0.6) is 11.5 Å². The third-order valence-corrected chi connectivity index (χ3v) is 10.7. The lowest BCUT2D eigenvalue weighted by atomic mass is 9.87. The smallest absolute Gasteiger partial charge is 0.412 e. The molecule has 2 aliphatic heterocycles. The van der Waals surface area contributed by atoms with Gasteiger partial charge in [-0.1, -0.05) is 105 Å². The number of fused-ring (bicyclic) bond motifs is 1. The van der Waals surface area contributed by atoms with Crippen molar-refractivity contribution in [2.45, 2.75) is 76.2 Å². The molecule has 1 atom stereocenters. The number of rotatable bonds is 13. The number of nitrogens with zero attached hydrogens (tertiary/aromatic N) is 2. The molecule has 1 saturated heterocycles. The number of aromatic hydroxyl groups is 2. The number of phenols is 2. The quantitative estimate of drug-likeness (QED) is 0.0968. The van der Waals surface area contributed by atoms with Crippen LogP contribution in [0.2, 0.25) is 0 Å². The van der Waals surface area contributed by atoms with Crippen molar-refractivity contribution in [2.75, 3.05) is 44.6 Å². The Labute approximate surface area is 297 Å². The summed E-state index contributed by atoms with van der Waals surface area (Å²) in [5.74, 6) is 0.116. The number of likely N-dealkylation sites (tertiary alicyclic amines) is 1. The fourth-order valence-corrected chi connectivity index (χ4v) is 7.63. The molecule has 0 bridgehead atoms. The van der Waals surface area contributed by atoms with Crippen LogP contribution in [0, 0.1) is 0 Å². The molecule has 6 rings (SSSR count). The first-order valence-corrected chi connectivity index (χ1v) is 18.6. The van der Waals surface area contributed by atoms with E-state index in [1.54, 1.807) is 12.1 Å². The Hall–Kier alpha value is -4.33. The highest BCUT2D eigenvalue weighted by molar-refractivity contribution is 5.91. The molecule has 2 heterocycles. The minimum atomic E-state index is -0.455. The van der Waals surface area contributed by atoms with E-state index < -0.39 is 5.60 Å². The van der Waals surface area contributed by atoms with Crippen molar-refractivity contribution in [3.05, 3.63) is 114 Å². The van der Waals surface area contributed by atoms with E-state index in [0.717, 1.165) is 86.5 Å². The number of phenolic OH excluding ortho intramolecular Hbond substituents is 2. The number of nitrogens with one attached hydrogen (secondary N) is 1. The van der Waals surface area contributed by atoms with Gasteiger partial charge >= 0.3 is 6.09 Å². The Balaban J connectivity index is 0.863. The standard InChI is InChI=1S/C43H53N3O4/c1-43(50-42(49)44-39-21-13-12-20-36(39)33-16-8-6-9-17-33)23-28-45(29-24-43)25-14-4-2-3-5-15-26-46-27-22-35-30-40(47)41(48)31-37(35)38(32-46)34-18-10-7-11-19-34/h6-13,16-21,30-31,38,47-48H,2-5,14-15,22-29,32H2,1H3,(H,44,49). The van der Waals surface area contributed by atoms with Gasteiger partial charge in [0.2, 0.25) is 0 Å². The van der Waals surface area contributed by atoms with Gasteiger partial charge in [-0.3, -0.25) is 5.32 Å². The van der Waals surface area contributed by atoms with Gasteiger partial charge in [0, 0.05) is 37.7 Å². The molecule has 0 aromatic heterocycles. The number of piperidine rings is 1. The van der Waals surface area contributed by atoms with Crippen molar-refractivity contribution in [1.29, 1.82) is 0 Å². The number of hydrogen-bond acceptors (Lipinski definition) is 6. The summed E-state index contributed by atoms with van der Waals surface area (Å²) in [6.07, 6.45) is 9.57. The second-order valence-electron chi connectivity index (χ2n) is 14.4. The molecule has 7 nitrogen and oxygen atoms in total. The number of carbonyl (C=O) groups is 1. The maximum absolute atomic E-state index is 13.0. The number of anilines is 1.